The SMILES string of the molecule is O=C(C=Cc1ccc(C2=C(c3ccccc3)CCCc3ccccc32)cc1)NS(=O)(=O)Cc1ccccc1. The molecule has 190 valence electrons. The molecule has 1 amide bonds. The lowest BCUT2D eigenvalue weighted by molar-refractivity contribution is -0.114. The summed E-state index contributed by atoms with van der Waals surface area (Å²) in [6, 6.07) is 36.0. The van der Waals surface area contributed by atoms with E-state index in [2.05, 4.69) is 65.4 Å². The van der Waals surface area contributed by atoms with E-state index in [9.17, 15) is 13.2 Å². The summed E-state index contributed by atoms with van der Waals surface area (Å²) < 4.78 is 26.8. The smallest absolute Gasteiger partial charge is 0.257 e. The van der Waals surface area contributed by atoms with Crippen LogP contribution in [0.2, 0.25) is 0 Å². The van der Waals surface area contributed by atoms with Crippen LogP contribution in [0.5, 0.6) is 0 Å². The lowest BCUT2D eigenvalue weighted by atomic mass is 9.87. The minimum absolute atomic E-state index is 0.248. The minimum atomic E-state index is -3.78. The number of hydrogen-bond acceptors (Lipinski definition) is 3. The zero-order chi connectivity index (χ0) is 26.4. The number of rotatable bonds is 7. The van der Waals surface area contributed by atoms with Gasteiger partial charge in [-0.1, -0.05) is 109 Å². The second-order valence-electron chi connectivity index (χ2n) is 9.40. The van der Waals surface area contributed by atoms with E-state index in [0.717, 1.165) is 30.4 Å². The summed E-state index contributed by atoms with van der Waals surface area (Å²) >= 11 is 0. The van der Waals surface area contributed by atoms with Crippen molar-refractivity contribution < 1.29 is 13.2 Å². The molecule has 38 heavy (non-hydrogen) atoms. The summed E-state index contributed by atoms with van der Waals surface area (Å²) in [5.74, 6) is -0.917. The van der Waals surface area contributed by atoms with Gasteiger partial charge in [-0.3, -0.25) is 4.79 Å². The first-order valence-corrected chi connectivity index (χ1v) is 14.4. The van der Waals surface area contributed by atoms with Gasteiger partial charge in [-0.25, -0.2) is 13.1 Å². The van der Waals surface area contributed by atoms with Gasteiger partial charge in [-0.2, -0.15) is 0 Å². The Morgan fingerprint density at radius 1 is 0.737 bits per heavy atom. The number of fused-ring (bicyclic) bond motifs is 1. The number of nitrogens with one attached hydrogen (secondary N) is 1. The Hall–Kier alpha value is -4.22. The number of amides is 1. The first-order chi connectivity index (χ1) is 18.5. The highest BCUT2D eigenvalue weighted by Gasteiger charge is 2.19. The molecule has 0 aliphatic heterocycles. The lowest BCUT2D eigenvalue weighted by Crippen LogP contribution is -2.30. The molecular formula is C33H29NO3S. The van der Waals surface area contributed by atoms with Crippen LogP contribution in [0.4, 0.5) is 0 Å². The Kier molecular flexibility index (Phi) is 7.66. The van der Waals surface area contributed by atoms with Crippen molar-refractivity contribution >= 4 is 33.2 Å². The van der Waals surface area contributed by atoms with Crippen LogP contribution in [0, 0.1) is 0 Å². The largest absolute Gasteiger partial charge is 0.269 e. The average molecular weight is 520 g/mol. The molecule has 5 heteroatoms. The fourth-order valence-corrected chi connectivity index (χ4v) is 6.01. The second kappa shape index (κ2) is 11.4. The van der Waals surface area contributed by atoms with Crippen molar-refractivity contribution in [2.75, 3.05) is 0 Å². The van der Waals surface area contributed by atoms with Crippen LogP contribution in [0.3, 0.4) is 0 Å². The van der Waals surface area contributed by atoms with E-state index in [1.807, 2.05) is 24.3 Å². The number of hydrogen-bond donors (Lipinski definition) is 1. The van der Waals surface area contributed by atoms with E-state index in [-0.39, 0.29) is 5.75 Å². The van der Waals surface area contributed by atoms with Crippen molar-refractivity contribution in [1.29, 1.82) is 0 Å². The number of carbonyl (C=O) groups excluding carboxylic acids is 1. The molecule has 0 radical (unpaired) electrons. The van der Waals surface area contributed by atoms with Crippen molar-refractivity contribution in [3.63, 3.8) is 0 Å². The van der Waals surface area contributed by atoms with Gasteiger partial charge in [0, 0.05) is 6.08 Å². The van der Waals surface area contributed by atoms with Crippen LogP contribution in [0.15, 0.2) is 115 Å². The molecule has 1 aliphatic rings. The third-order valence-electron chi connectivity index (χ3n) is 6.67. The molecule has 5 rings (SSSR count). The Bertz CT molecular complexity index is 1590. The van der Waals surface area contributed by atoms with Gasteiger partial charge in [0.25, 0.3) is 5.91 Å². The summed E-state index contributed by atoms with van der Waals surface area (Å²) in [5, 5.41) is 0. The number of carbonyl (C=O) groups is 1. The fraction of sp³-hybridized carbons (Fsp3) is 0.121. The van der Waals surface area contributed by atoms with Crippen molar-refractivity contribution in [3.05, 3.63) is 149 Å². The summed E-state index contributed by atoms with van der Waals surface area (Å²) in [5.41, 5.74) is 8.97. The van der Waals surface area contributed by atoms with Gasteiger partial charge >= 0.3 is 0 Å². The maximum atomic E-state index is 12.3. The van der Waals surface area contributed by atoms with Gasteiger partial charge in [0.2, 0.25) is 10.0 Å². The molecule has 0 unspecified atom stereocenters. The van der Waals surface area contributed by atoms with Crippen LogP contribution >= 0.6 is 0 Å². The molecule has 1 aliphatic carbocycles. The number of aryl methyl sites for hydroxylation is 1. The number of allylic oxidation sites excluding steroid dienone is 1. The zero-order valence-electron chi connectivity index (χ0n) is 21.0. The van der Waals surface area contributed by atoms with E-state index in [4.69, 9.17) is 0 Å². The molecular weight excluding hydrogens is 490 g/mol. The monoisotopic (exact) mass is 519 g/mol. The summed E-state index contributed by atoms with van der Waals surface area (Å²) in [6.07, 6.45) is 6.01. The van der Waals surface area contributed by atoms with Gasteiger partial charge in [-0.05, 0) is 69.9 Å². The molecule has 0 saturated heterocycles. The van der Waals surface area contributed by atoms with Crippen LogP contribution < -0.4 is 4.72 Å². The van der Waals surface area contributed by atoms with Gasteiger partial charge in [0.05, 0.1) is 5.75 Å². The molecule has 0 bridgehead atoms. The summed E-state index contributed by atoms with van der Waals surface area (Å²) in [4.78, 5) is 12.3. The van der Waals surface area contributed by atoms with Crippen LogP contribution in [-0.2, 0) is 27.0 Å². The Morgan fingerprint density at radius 2 is 1.39 bits per heavy atom. The van der Waals surface area contributed by atoms with Gasteiger partial charge < -0.3 is 0 Å². The number of sulfonamides is 1. The molecule has 4 aromatic carbocycles. The van der Waals surface area contributed by atoms with E-state index in [1.165, 1.54) is 33.9 Å². The molecule has 0 fully saturated rings. The lowest BCUT2D eigenvalue weighted by Gasteiger charge is -2.16. The Labute approximate surface area is 224 Å². The molecule has 0 saturated carbocycles. The zero-order valence-corrected chi connectivity index (χ0v) is 21.8. The molecule has 0 aromatic heterocycles. The normalized spacial score (nSPS) is 13.7. The van der Waals surface area contributed by atoms with Crippen LogP contribution in [-0.4, -0.2) is 14.3 Å². The minimum Gasteiger partial charge on any atom is -0.269 e. The maximum Gasteiger partial charge on any atom is 0.257 e. The quantitative estimate of drug-likeness (QED) is 0.278. The predicted molar refractivity (Wildman–Crippen MR) is 154 cm³/mol. The predicted octanol–water partition coefficient (Wildman–Crippen LogP) is 6.64. The van der Waals surface area contributed by atoms with E-state index < -0.39 is 15.9 Å². The molecule has 4 nitrogen and oxygen atoms in total. The molecule has 0 spiro atoms. The van der Waals surface area contributed by atoms with Crippen molar-refractivity contribution in [3.8, 4) is 0 Å². The molecule has 0 atom stereocenters. The Balaban J connectivity index is 1.38. The van der Waals surface area contributed by atoms with Gasteiger partial charge in [0.15, 0.2) is 0 Å². The third-order valence-corrected chi connectivity index (χ3v) is 7.89. The van der Waals surface area contributed by atoms with Crippen molar-refractivity contribution in [1.82, 2.24) is 4.72 Å². The van der Waals surface area contributed by atoms with E-state index >= 15 is 0 Å². The van der Waals surface area contributed by atoms with Crippen LogP contribution in [0.1, 0.15) is 46.2 Å². The standard InChI is InChI=1S/C33H29NO3S/c35-32(34-38(36,37)24-26-10-3-1-4-11-26)23-20-25-18-21-29(22-19-25)33-30-16-8-7-14-28(30)15-9-17-31(33)27-12-5-2-6-13-27/h1-8,10-14,16,18-23H,9,15,17,24H2,(H,34,35). The molecule has 0 heterocycles. The third kappa shape index (κ3) is 6.18. The van der Waals surface area contributed by atoms with E-state index in [1.54, 1.807) is 30.3 Å². The molecule has 1 N–H and O–H groups in total. The summed E-state index contributed by atoms with van der Waals surface area (Å²) in [6.45, 7) is 0. The second-order valence-corrected chi connectivity index (χ2v) is 11.1. The molecule has 4 aromatic rings. The highest BCUT2D eigenvalue weighted by molar-refractivity contribution is 7.89. The first-order valence-electron chi connectivity index (χ1n) is 12.7. The topological polar surface area (TPSA) is 63.2 Å². The van der Waals surface area contributed by atoms with Crippen LogP contribution in [0.25, 0.3) is 17.2 Å². The number of benzene rings is 4. The van der Waals surface area contributed by atoms with Gasteiger partial charge in [-0.15, -0.1) is 0 Å². The fourth-order valence-electron chi connectivity index (χ4n) is 4.93. The maximum absolute atomic E-state index is 12.3. The Morgan fingerprint density at radius 3 is 2.13 bits per heavy atom. The summed E-state index contributed by atoms with van der Waals surface area (Å²) in [7, 11) is -3.78. The highest BCUT2D eigenvalue weighted by atomic mass is 32.2. The highest BCUT2D eigenvalue weighted by Crippen LogP contribution is 2.39. The first kappa shape index (κ1) is 25.4. The van der Waals surface area contributed by atoms with E-state index in [0.29, 0.717) is 5.56 Å². The average Bonchev–Trinajstić information content (AvgIpc) is 3.12. The van der Waals surface area contributed by atoms with Crippen molar-refractivity contribution in [2.45, 2.75) is 25.0 Å². The van der Waals surface area contributed by atoms with Gasteiger partial charge in [0.1, 0.15) is 0 Å². The van der Waals surface area contributed by atoms with Crippen molar-refractivity contribution in [2.24, 2.45) is 0 Å².